The minimum Gasteiger partial charge on any atom is -0.370 e. The molecule has 2 rings (SSSR count). The Labute approximate surface area is 146 Å². The Morgan fingerprint density at radius 3 is 1.88 bits per heavy atom. The van der Waals surface area contributed by atoms with E-state index in [-0.39, 0.29) is 45.4 Å². The molecule has 1 heterocycles. The Morgan fingerprint density at radius 1 is 0.958 bits per heavy atom. The summed E-state index contributed by atoms with van der Waals surface area (Å²) in [5.74, 6) is -0.328. The van der Waals surface area contributed by atoms with Crippen molar-refractivity contribution in [1.29, 1.82) is 0 Å². The Hall–Kier alpha value is -1.82. The van der Waals surface area contributed by atoms with E-state index in [9.17, 15) is 26.3 Å². The van der Waals surface area contributed by atoms with Gasteiger partial charge >= 0.3 is 12.4 Å². The highest BCUT2D eigenvalue weighted by molar-refractivity contribution is 8.93. The van der Waals surface area contributed by atoms with Crippen LogP contribution in [0, 0.1) is 0 Å². The van der Waals surface area contributed by atoms with E-state index in [0.29, 0.717) is 12.1 Å². The second-order valence-corrected chi connectivity index (χ2v) is 5.18. The van der Waals surface area contributed by atoms with Crippen LogP contribution in [0.1, 0.15) is 11.1 Å². The van der Waals surface area contributed by atoms with Crippen LogP contribution < -0.4 is 11.5 Å². The molecule has 0 aliphatic carbocycles. The molecule has 0 radical (unpaired) electrons. The summed E-state index contributed by atoms with van der Waals surface area (Å²) in [5, 5.41) is 1.28. The van der Waals surface area contributed by atoms with E-state index in [4.69, 9.17) is 11.5 Å². The van der Waals surface area contributed by atoms with E-state index in [1.165, 1.54) is 5.38 Å². The molecule has 4 nitrogen and oxygen atoms in total. The maximum atomic E-state index is 12.8. The van der Waals surface area contributed by atoms with Gasteiger partial charge in [-0.25, -0.2) is 4.98 Å². The van der Waals surface area contributed by atoms with Crippen LogP contribution in [0.25, 0.3) is 11.3 Å². The van der Waals surface area contributed by atoms with E-state index in [2.05, 4.69) is 9.98 Å². The summed E-state index contributed by atoms with van der Waals surface area (Å²) in [4.78, 5) is 7.39. The van der Waals surface area contributed by atoms with Gasteiger partial charge in [-0.3, -0.25) is 0 Å². The van der Waals surface area contributed by atoms with Crippen molar-refractivity contribution in [1.82, 2.24) is 4.98 Å². The van der Waals surface area contributed by atoms with Crippen molar-refractivity contribution in [2.45, 2.75) is 12.4 Å². The number of benzene rings is 1. The number of guanidine groups is 1. The molecule has 2 aromatic rings. The quantitative estimate of drug-likeness (QED) is 0.419. The van der Waals surface area contributed by atoms with Crippen LogP contribution in [0.5, 0.6) is 0 Å². The molecule has 0 saturated carbocycles. The van der Waals surface area contributed by atoms with Gasteiger partial charge < -0.3 is 11.5 Å². The molecule has 0 bridgehead atoms. The highest BCUT2D eigenvalue weighted by Gasteiger charge is 2.37. The van der Waals surface area contributed by atoms with E-state index < -0.39 is 23.5 Å². The molecule has 0 amide bonds. The van der Waals surface area contributed by atoms with Crippen LogP contribution in [0.15, 0.2) is 28.6 Å². The van der Waals surface area contributed by atoms with Gasteiger partial charge in [0.05, 0.1) is 16.8 Å². The third-order valence-corrected chi connectivity index (χ3v) is 3.33. The van der Waals surface area contributed by atoms with Crippen molar-refractivity contribution in [2.24, 2.45) is 16.5 Å². The van der Waals surface area contributed by atoms with Crippen LogP contribution in [0.4, 0.5) is 31.5 Å². The number of hydrogen-bond acceptors (Lipinski definition) is 3. The number of hydrogen-bond donors (Lipinski definition) is 2. The van der Waals surface area contributed by atoms with Crippen molar-refractivity contribution >= 4 is 39.4 Å². The van der Waals surface area contributed by atoms with E-state index >= 15 is 0 Å². The molecule has 1 aromatic carbocycles. The fourth-order valence-electron chi connectivity index (χ4n) is 1.66. The number of alkyl halides is 6. The van der Waals surface area contributed by atoms with Gasteiger partial charge in [0, 0.05) is 10.9 Å². The fraction of sp³-hybridized carbons (Fsp3) is 0.167. The van der Waals surface area contributed by atoms with Crippen molar-refractivity contribution < 1.29 is 26.3 Å². The number of aliphatic imine (C=N–C) groups is 1. The van der Waals surface area contributed by atoms with Crippen molar-refractivity contribution in [3.8, 4) is 11.3 Å². The fourth-order valence-corrected chi connectivity index (χ4v) is 2.38. The lowest BCUT2D eigenvalue weighted by Gasteiger charge is -2.13. The zero-order valence-corrected chi connectivity index (χ0v) is 14.0. The topological polar surface area (TPSA) is 77.3 Å². The van der Waals surface area contributed by atoms with Gasteiger partial charge in [-0.15, -0.1) is 28.3 Å². The second kappa shape index (κ2) is 6.97. The summed E-state index contributed by atoms with van der Waals surface area (Å²) < 4.78 is 76.7. The van der Waals surface area contributed by atoms with Gasteiger partial charge in [-0.2, -0.15) is 31.3 Å². The summed E-state index contributed by atoms with van der Waals surface area (Å²) >= 11 is 0.878. The molecule has 24 heavy (non-hydrogen) atoms. The van der Waals surface area contributed by atoms with Gasteiger partial charge in [0.2, 0.25) is 5.13 Å². The van der Waals surface area contributed by atoms with Gasteiger partial charge in [-0.1, -0.05) is 0 Å². The minimum absolute atomic E-state index is 0. The first-order chi connectivity index (χ1) is 10.5. The van der Waals surface area contributed by atoms with E-state index in [1.54, 1.807) is 0 Å². The third kappa shape index (κ3) is 4.84. The van der Waals surface area contributed by atoms with Crippen LogP contribution >= 0.6 is 28.3 Å². The van der Waals surface area contributed by atoms with Crippen LogP contribution in [-0.4, -0.2) is 10.9 Å². The highest BCUT2D eigenvalue weighted by atomic mass is 79.9. The van der Waals surface area contributed by atoms with E-state index in [0.717, 1.165) is 11.3 Å². The highest BCUT2D eigenvalue weighted by Crippen LogP contribution is 2.39. The van der Waals surface area contributed by atoms with Gasteiger partial charge in [0.15, 0.2) is 5.96 Å². The molecule has 0 fully saturated rings. The maximum Gasteiger partial charge on any atom is 0.416 e. The first kappa shape index (κ1) is 20.2. The number of nitrogens with zero attached hydrogens (tertiary/aromatic N) is 2. The van der Waals surface area contributed by atoms with Crippen LogP contribution in [-0.2, 0) is 12.4 Å². The lowest BCUT2D eigenvalue weighted by atomic mass is 10.0. The average Bonchev–Trinajstić information content (AvgIpc) is 2.83. The number of halogens is 7. The first-order valence-corrected chi connectivity index (χ1v) is 6.70. The largest absolute Gasteiger partial charge is 0.416 e. The normalized spacial score (nSPS) is 11.8. The molecular weight excluding hydrogens is 426 g/mol. The molecule has 1 aromatic heterocycles. The Balaban J connectivity index is 0.00000288. The smallest absolute Gasteiger partial charge is 0.370 e. The number of aromatic nitrogens is 1. The van der Waals surface area contributed by atoms with Crippen molar-refractivity contribution in [3.05, 3.63) is 34.7 Å². The summed E-state index contributed by atoms with van der Waals surface area (Å²) in [6.07, 6.45) is -9.84. The van der Waals surface area contributed by atoms with Crippen molar-refractivity contribution in [2.75, 3.05) is 0 Å². The molecular formula is C12H9BrF6N4S. The zero-order valence-electron chi connectivity index (χ0n) is 11.4. The van der Waals surface area contributed by atoms with Crippen molar-refractivity contribution in [3.63, 3.8) is 0 Å². The number of rotatable bonds is 2. The van der Waals surface area contributed by atoms with E-state index in [1.807, 2.05) is 0 Å². The molecule has 0 unspecified atom stereocenters. The monoisotopic (exact) mass is 434 g/mol. The number of thiazole rings is 1. The molecule has 0 saturated heterocycles. The van der Waals surface area contributed by atoms with Gasteiger partial charge in [-0.05, 0) is 18.2 Å². The molecule has 12 heteroatoms. The Bertz CT molecular complexity index is 716. The summed E-state index contributed by atoms with van der Waals surface area (Å²) in [6, 6.07) is 1.22. The average molecular weight is 435 g/mol. The van der Waals surface area contributed by atoms with Gasteiger partial charge in [0.25, 0.3) is 0 Å². The lowest BCUT2D eigenvalue weighted by Crippen LogP contribution is -2.21. The second-order valence-electron chi connectivity index (χ2n) is 4.35. The lowest BCUT2D eigenvalue weighted by molar-refractivity contribution is -0.143. The van der Waals surface area contributed by atoms with Crippen LogP contribution in [0.2, 0.25) is 0 Å². The molecule has 0 aliphatic rings. The molecule has 0 aliphatic heterocycles. The maximum absolute atomic E-state index is 12.8. The standard InChI is InChI=1S/C12H8F6N4S.BrH/c13-11(14,15)6-1-5(2-7(3-6)12(16,17)18)8-4-23-10(21-8)22-9(19)20;/h1-4H,(H4,19,20,21,22);1H. The molecule has 132 valence electrons. The first-order valence-electron chi connectivity index (χ1n) is 5.82. The van der Waals surface area contributed by atoms with Gasteiger partial charge in [0.1, 0.15) is 0 Å². The van der Waals surface area contributed by atoms with Crippen LogP contribution in [0.3, 0.4) is 0 Å². The predicted octanol–water partition coefficient (Wildman–Crippen LogP) is 4.33. The molecule has 4 N–H and O–H groups in total. The SMILES string of the molecule is Br.NC(N)=Nc1nc(-c2cc(C(F)(F)F)cc(C(F)(F)F)c2)cs1. The Morgan fingerprint density at radius 2 is 1.46 bits per heavy atom. The molecule has 0 atom stereocenters. The molecule has 0 spiro atoms. The summed E-state index contributed by atoms with van der Waals surface area (Å²) in [6.45, 7) is 0. The summed E-state index contributed by atoms with van der Waals surface area (Å²) in [7, 11) is 0. The third-order valence-electron chi connectivity index (χ3n) is 2.60. The number of nitrogens with two attached hydrogens (primary N) is 2. The minimum atomic E-state index is -4.92. The zero-order chi connectivity index (χ0) is 17.4. The summed E-state index contributed by atoms with van der Waals surface area (Å²) in [5.41, 5.74) is 7.00. The predicted molar refractivity (Wildman–Crippen MR) is 83.3 cm³/mol. The Kier molecular flexibility index (Phi) is 5.87.